The number of hydrogen-bond acceptors (Lipinski definition) is 5. The van der Waals surface area contributed by atoms with Crippen molar-refractivity contribution in [1.82, 2.24) is 4.98 Å². The fraction of sp³-hybridized carbons (Fsp3) is 0.0833. The molecule has 98 valence electrons. The molecule has 7 heteroatoms. The lowest BCUT2D eigenvalue weighted by atomic mass is 10.2. The number of benzene rings is 1. The standard InChI is InChI=1S/C12H11BrN4O2/c13-11-5-10(17(18)19)7-16-12(11)15-6-8-1-3-9(14)4-2-8/h1-5,7H,6,14H2,(H,15,16). The average Bonchev–Trinajstić information content (AvgIpc) is 2.39. The first-order valence-electron chi connectivity index (χ1n) is 5.44. The fourth-order valence-corrected chi connectivity index (χ4v) is 1.96. The molecule has 19 heavy (non-hydrogen) atoms. The summed E-state index contributed by atoms with van der Waals surface area (Å²) in [5, 5.41) is 13.7. The minimum Gasteiger partial charge on any atom is -0.399 e. The number of hydrogen-bond donors (Lipinski definition) is 2. The molecule has 0 fully saturated rings. The highest BCUT2D eigenvalue weighted by Gasteiger charge is 2.10. The molecule has 1 heterocycles. The van der Waals surface area contributed by atoms with Crippen molar-refractivity contribution in [3.8, 4) is 0 Å². The Hall–Kier alpha value is -2.15. The predicted octanol–water partition coefficient (Wildman–Crippen LogP) is 2.95. The molecule has 0 atom stereocenters. The Balaban J connectivity index is 2.07. The number of rotatable bonds is 4. The van der Waals surface area contributed by atoms with E-state index in [1.807, 2.05) is 24.3 Å². The summed E-state index contributed by atoms with van der Waals surface area (Å²) in [6.07, 6.45) is 1.22. The Morgan fingerprint density at radius 2 is 2.05 bits per heavy atom. The molecule has 1 aromatic carbocycles. The van der Waals surface area contributed by atoms with E-state index in [1.54, 1.807) is 0 Å². The van der Waals surface area contributed by atoms with E-state index in [2.05, 4.69) is 26.2 Å². The van der Waals surface area contributed by atoms with E-state index < -0.39 is 4.92 Å². The van der Waals surface area contributed by atoms with Crippen LogP contribution in [0.15, 0.2) is 41.0 Å². The molecule has 0 saturated carbocycles. The number of pyridine rings is 1. The largest absolute Gasteiger partial charge is 0.399 e. The van der Waals surface area contributed by atoms with Crippen LogP contribution >= 0.6 is 15.9 Å². The number of nitrogens with two attached hydrogens (primary N) is 1. The number of aromatic nitrogens is 1. The summed E-state index contributed by atoms with van der Waals surface area (Å²) in [4.78, 5) is 14.1. The van der Waals surface area contributed by atoms with Crippen molar-refractivity contribution in [2.45, 2.75) is 6.54 Å². The van der Waals surface area contributed by atoms with Gasteiger partial charge in [-0.15, -0.1) is 0 Å². The van der Waals surface area contributed by atoms with E-state index >= 15 is 0 Å². The number of nitrogen functional groups attached to an aromatic ring is 1. The zero-order chi connectivity index (χ0) is 13.8. The number of halogens is 1. The summed E-state index contributed by atoms with van der Waals surface area (Å²) in [7, 11) is 0. The maximum atomic E-state index is 10.6. The molecule has 0 aliphatic rings. The van der Waals surface area contributed by atoms with Crippen molar-refractivity contribution < 1.29 is 4.92 Å². The van der Waals surface area contributed by atoms with Gasteiger partial charge in [0.05, 0.1) is 9.40 Å². The monoisotopic (exact) mass is 322 g/mol. The van der Waals surface area contributed by atoms with Crippen LogP contribution in [0.5, 0.6) is 0 Å². The van der Waals surface area contributed by atoms with Crippen LogP contribution < -0.4 is 11.1 Å². The Labute approximate surface area is 117 Å². The second-order valence-corrected chi connectivity index (χ2v) is 4.73. The molecular weight excluding hydrogens is 312 g/mol. The van der Waals surface area contributed by atoms with Gasteiger partial charge in [-0.1, -0.05) is 12.1 Å². The fourth-order valence-electron chi connectivity index (χ4n) is 1.48. The summed E-state index contributed by atoms with van der Waals surface area (Å²) in [6.45, 7) is 0.559. The van der Waals surface area contributed by atoms with Crippen LogP contribution in [0.25, 0.3) is 0 Å². The predicted molar refractivity (Wildman–Crippen MR) is 76.8 cm³/mol. The van der Waals surface area contributed by atoms with Crippen LogP contribution in [0.4, 0.5) is 17.2 Å². The van der Waals surface area contributed by atoms with Crippen molar-refractivity contribution in [1.29, 1.82) is 0 Å². The normalized spacial score (nSPS) is 10.2. The Bertz CT molecular complexity index is 601. The van der Waals surface area contributed by atoms with Gasteiger partial charge in [-0.25, -0.2) is 4.98 Å². The Morgan fingerprint density at radius 3 is 2.63 bits per heavy atom. The van der Waals surface area contributed by atoms with Crippen LogP contribution in [-0.2, 0) is 6.54 Å². The van der Waals surface area contributed by atoms with Crippen LogP contribution in [0.2, 0.25) is 0 Å². The lowest BCUT2D eigenvalue weighted by Gasteiger charge is -2.07. The maximum Gasteiger partial charge on any atom is 0.288 e. The van der Waals surface area contributed by atoms with Crippen molar-refractivity contribution in [2.24, 2.45) is 0 Å². The minimum absolute atomic E-state index is 0.0510. The Morgan fingerprint density at radius 1 is 1.37 bits per heavy atom. The van der Waals surface area contributed by atoms with Crippen molar-refractivity contribution in [3.05, 3.63) is 56.7 Å². The molecule has 2 aromatic rings. The van der Waals surface area contributed by atoms with Crippen molar-refractivity contribution >= 4 is 33.1 Å². The molecule has 0 amide bonds. The number of nitrogens with one attached hydrogen (secondary N) is 1. The number of anilines is 2. The zero-order valence-corrected chi connectivity index (χ0v) is 11.4. The van der Waals surface area contributed by atoms with Crippen LogP contribution in [0.3, 0.4) is 0 Å². The summed E-state index contributed by atoms with van der Waals surface area (Å²) in [5.41, 5.74) is 7.30. The molecule has 1 aromatic heterocycles. The van der Waals surface area contributed by atoms with E-state index in [0.29, 0.717) is 22.5 Å². The van der Waals surface area contributed by atoms with E-state index in [1.165, 1.54) is 12.3 Å². The van der Waals surface area contributed by atoms with Gasteiger partial charge in [0.1, 0.15) is 12.0 Å². The summed E-state index contributed by atoms with van der Waals surface area (Å²) < 4.78 is 0.553. The molecule has 0 radical (unpaired) electrons. The van der Waals surface area contributed by atoms with Gasteiger partial charge in [0, 0.05) is 18.3 Å². The first-order chi connectivity index (χ1) is 9.06. The maximum absolute atomic E-state index is 10.6. The molecule has 0 bridgehead atoms. The highest BCUT2D eigenvalue weighted by atomic mass is 79.9. The van der Waals surface area contributed by atoms with Crippen LogP contribution in [0.1, 0.15) is 5.56 Å². The Kier molecular flexibility index (Phi) is 3.96. The van der Waals surface area contributed by atoms with Crippen molar-refractivity contribution in [3.63, 3.8) is 0 Å². The molecule has 0 aliphatic heterocycles. The van der Waals surface area contributed by atoms with Crippen LogP contribution in [0, 0.1) is 10.1 Å². The highest BCUT2D eigenvalue weighted by molar-refractivity contribution is 9.10. The van der Waals surface area contributed by atoms with Gasteiger partial charge in [0.15, 0.2) is 0 Å². The van der Waals surface area contributed by atoms with Gasteiger partial charge in [0.25, 0.3) is 5.69 Å². The molecule has 0 spiro atoms. The first-order valence-corrected chi connectivity index (χ1v) is 6.24. The van der Waals surface area contributed by atoms with Gasteiger partial charge in [0.2, 0.25) is 0 Å². The van der Waals surface area contributed by atoms with Gasteiger partial charge >= 0.3 is 0 Å². The molecular formula is C12H11BrN4O2. The van der Waals surface area contributed by atoms with E-state index in [0.717, 1.165) is 5.56 Å². The van der Waals surface area contributed by atoms with Gasteiger partial charge < -0.3 is 11.1 Å². The summed E-state index contributed by atoms with van der Waals surface area (Å²) >= 11 is 3.25. The minimum atomic E-state index is -0.485. The van der Waals surface area contributed by atoms with Gasteiger partial charge in [-0.05, 0) is 33.6 Å². The third-order valence-electron chi connectivity index (χ3n) is 2.48. The second kappa shape index (κ2) is 5.66. The van der Waals surface area contributed by atoms with E-state index in [9.17, 15) is 10.1 Å². The third kappa shape index (κ3) is 3.41. The second-order valence-electron chi connectivity index (χ2n) is 3.88. The average molecular weight is 323 g/mol. The zero-order valence-electron chi connectivity index (χ0n) is 9.84. The number of nitrogens with zero attached hydrogens (tertiary/aromatic N) is 2. The van der Waals surface area contributed by atoms with Gasteiger partial charge in [-0.2, -0.15) is 0 Å². The molecule has 6 nitrogen and oxygen atoms in total. The smallest absolute Gasteiger partial charge is 0.288 e. The molecule has 0 aliphatic carbocycles. The highest BCUT2D eigenvalue weighted by Crippen LogP contribution is 2.24. The molecule has 0 saturated heterocycles. The molecule has 2 rings (SSSR count). The first kappa shape index (κ1) is 13.3. The molecule has 3 N–H and O–H groups in total. The number of nitro groups is 1. The third-order valence-corrected chi connectivity index (χ3v) is 3.08. The topological polar surface area (TPSA) is 94.1 Å². The van der Waals surface area contributed by atoms with Crippen molar-refractivity contribution in [2.75, 3.05) is 11.1 Å². The van der Waals surface area contributed by atoms with E-state index in [-0.39, 0.29) is 5.69 Å². The van der Waals surface area contributed by atoms with Crippen LogP contribution in [-0.4, -0.2) is 9.91 Å². The lowest BCUT2D eigenvalue weighted by Crippen LogP contribution is -2.03. The summed E-state index contributed by atoms with van der Waals surface area (Å²) in [6, 6.07) is 8.85. The summed E-state index contributed by atoms with van der Waals surface area (Å²) in [5.74, 6) is 0.558. The lowest BCUT2D eigenvalue weighted by molar-refractivity contribution is -0.385. The van der Waals surface area contributed by atoms with E-state index in [4.69, 9.17) is 5.73 Å². The van der Waals surface area contributed by atoms with Gasteiger partial charge in [-0.3, -0.25) is 10.1 Å². The molecule has 0 unspecified atom stereocenters. The quantitative estimate of drug-likeness (QED) is 0.512. The SMILES string of the molecule is Nc1ccc(CNc2ncc([N+](=O)[O-])cc2Br)cc1.